The summed E-state index contributed by atoms with van der Waals surface area (Å²) in [6, 6.07) is 6.98. The number of amides is 1. The van der Waals surface area contributed by atoms with Crippen molar-refractivity contribution >= 4 is 23.2 Å². The molecule has 0 radical (unpaired) electrons. The molecule has 1 fully saturated rings. The monoisotopic (exact) mass is 399 g/mol. The predicted octanol–water partition coefficient (Wildman–Crippen LogP) is 1.40. The van der Waals surface area contributed by atoms with Crippen LogP contribution in [0.5, 0.6) is 0 Å². The van der Waals surface area contributed by atoms with Gasteiger partial charge in [-0.25, -0.2) is 14.4 Å². The molecule has 29 heavy (non-hydrogen) atoms. The Morgan fingerprint density at radius 2 is 2.00 bits per heavy atom. The van der Waals surface area contributed by atoms with Crippen molar-refractivity contribution in [3.63, 3.8) is 0 Å². The molecule has 1 aromatic heterocycles. The Kier molecular flexibility index (Phi) is 5.59. The van der Waals surface area contributed by atoms with Crippen LogP contribution in [0.4, 0.5) is 21.7 Å². The number of halogens is 1. The van der Waals surface area contributed by atoms with E-state index in [1.807, 2.05) is 20.2 Å². The van der Waals surface area contributed by atoms with Crippen molar-refractivity contribution < 1.29 is 9.18 Å². The van der Waals surface area contributed by atoms with Crippen LogP contribution in [0.2, 0.25) is 0 Å². The molecule has 4 rings (SSSR count). The van der Waals surface area contributed by atoms with Crippen LogP contribution in [0.1, 0.15) is 11.6 Å². The first-order valence-corrected chi connectivity index (χ1v) is 9.79. The molecule has 0 spiro atoms. The summed E-state index contributed by atoms with van der Waals surface area (Å²) in [6.07, 6.45) is 1.52. The Morgan fingerprint density at radius 3 is 2.72 bits per heavy atom. The van der Waals surface area contributed by atoms with Gasteiger partial charge in [-0.05, 0) is 31.8 Å². The molecule has 9 heteroatoms. The highest BCUT2D eigenvalue weighted by Gasteiger charge is 2.29. The Labute approximate surface area is 169 Å². The van der Waals surface area contributed by atoms with Crippen LogP contribution in [-0.4, -0.2) is 79.0 Å². The molecule has 1 aromatic carbocycles. The van der Waals surface area contributed by atoms with Gasteiger partial charge in [-0.1, -0.05) is 12.1 Å². The van der Waals surface area contributed by atoms with Crippen molar-refractivity contribution in [1.29, 1.82) is 0 Å². The number of benzene rings is 1. The van der Waals surface area contributed by atoms with E-state index in [1.54, 1.807) is 12.1 Å². The van der Waals surface area contributed by atoms with E-state index in [1.165, 1.54) is 12.4 Å². The number of rotatable bonds is 5. The minimum atomic E-state index is -0.208. The fourth-order valence-corrected chi connectivity index (χ4v) is 3.95. The highest BCUT2D eigenvalue weighted by atomic mass is 19.1. The zero-order chi connectivity index (χ0) is 20.4. The average Bonchev–Trinajstić information content (AvgIpc) is 2.71. The molecule has 0 aliphatic carbocycles. The highest BCUT2D eigenvalue weighted by Crippen LogP contribution is 2.33. The van der Waals surface area contributed by atoms with Crippen LogP contribution in [-0.2, 0) is 4.79 Å². The van der Waals surface area contributed by atoms with Crippen LogP contribution in [0.25, 0.3) is 0 Å². The number of nitrogens with one attached hydrogen (secondary N) is 2. The van der Waals surface area contributed by atoms with Crippen molar-refractivity contribution in [2.24, 2.45) is 0 Å². The predicted molar refractivity (Wildman–Crippen MR) is 111 cm³/mol. The Hall–Kier alpha value is -2.78. The lowest BCUT2D eigenvalue weighted by atomic mass is 10.0. The van der Waals surface area contributed by atoms with Gasteiger partial charge in [-0.2, -0.15) is 0 Å². The van der Waals surface area contributed by atoms with E-state index in [2.05, 4.69) is 35.3 Å². The molecule has 3 heterocycles. The molecule has 154 valence electrons. The molecular weight excluding hydrogens is 373 g/mol. The van der Waals surface area contributed by atoms with E-state index in [0.717, 1.165) is 44.1 Å². The summed E-state index contributed by atoms with van der Waals surface area (Å²) < 4.78 is 13.8. The maximum absolute atomic E-state index is 13.8. The number of carbonyl (C=O) groups is 1. The molecule has 1 saturated heterocycles. The molecule has 2 N–H and O–H groups in total. The van der Waals surface area contributed by atoms with Gasteiger partial charge in [-0.3, -0.25) is 9.69 Å². The lowest BCUT2D eigenvalue weighted by Gasteiger charge is -2.41. The van der Waals surface area contributed by atoms with Crippen molar-refractivity contribution in [2.75, 3.05) is 68.9 Å². The lowest BCUT2D eigenvalue weighted by molar-refractivity contribution is -0.114. The van der Waals surface area contributed by atoms with Gasteiger partial charge in [0.05, 0.1) is 6.54 Å². The van der Waals surface area contributed by atoms with Gasteiger partial charge in [0, 0.05) is 38.8 Å². The topological polar surface area (TPSA) is 76.6 Å². The SMILES string of the molecule is CN(C)CC(c1cccc(F)c1)N1CCN(c2ncnc3c2NC(=O)CN3)CC1. The Morgan fingerprint density at radius 1 is 1.21 bits per heavy atom. The number of nitrogens with zero attached hydrogens (tertiary/aromatic N) is 5. The number of piperazine rings is 1. The second-order valence-corrected chi connectivity index (χ2v) is 7.68. The molecule has 0 bridgehead atoms. The number of anilines is 3. The number of carbonyl (C=O) groups excluding carboxylic acids is 1. The van der Waals surface area contributed by atoms with Crippen molar-refractivity contribution in [3.05, 3.63) is 42.0 Å². The first kappa shape index (κ1) is 19.5. The van der Waals surface area contributed by atoms with E-state index >= 15 is 0 Å². The standard InChI is InChI=1S/C20H26FN7O/c1-26(2)12-16(14-4-3-5-15(21)10-14)27-6-8-28(9-7-27)20-18-19(23-13-24-20)22-11-17(29)25-18/h3-5,10,13,16H,6-9,11-12H2,1-2H3,(H,25,29)(H,22,23,24). The van der Waals surface area contributed by atoms with Gasteiger partial charge >= 0.3 is 0 Å². The summed E-state index contributed by atoms with van der Waals surface area (Å²) in [5.74, 6) is 1.09. The minimum Gasteiger partial charge on any atom is -0.359 e. The summed E-state index contributed by atoms with van der Waals surface area (Å²) in [6.45, 7) is 4.19. The zero-order valence-corrected chi connectivity index (χ0v) is 16.7. The Bertz CT molecular complexity index is 883. The van der Waals surface area contributed by atoms with E-state index in [9.17, 15) is 9.18 Å². The third-order valence-corrected chi connectivity index (χ3v) is 5.33. The fourth-order valence-electron chi connectivity index (χ4n) is 3.95. The summed E-state index contributed by atoms with van der Waals surface area (Å²) in [4.78, 5) is 27.1. The largest absolute Gasteiger partial charge is 0.359 e. The van der Waals surface area contributed by atoms with E-state index in [0.29, 0.717) is 11.5 Å². The molecular formula is C20H26FN7O. The molecule has 8 nitrogen and oxygen atoms in total. The smallest absolute Gasteiger partial charge is 0.243 e. The maximum Gasteiger partial charge on any atom is 0.243 e. The summed E-state index contributed by atoms with van der Waals surface area (Å²) in [7, 11) is 4.07. The van der Waals surface area contributed by atoms with Gasteiger partial charge in [-0.15, -0.1) is 0 Å². The van der Waals surface area contributed by atoms with Crippen LogP contribution in [0.15, 0.2) is 30.6 Å². The van der Waals surface area contributed by atoms with Crippen LogP contribution >= 0.6 is 0 Å². The quantitative estimate of drug-likeness (QED) is 0.787. The van der Waals surface area contributed by atoms with Crippen molar-refractivity contribution in [2.45, 2.75) is 6.04 Å². The molecule has 2 aromatic rings. The normalized spacial score (nSPS) is 18.2. The summed E-state index contributed by atoms with van der Waals surface area (Å²) in [5.41, 5.74) is 1.63. The third-order valence-electron chi connectivity index (χ3n) is 5.33. The van der Waals surface area contributed by atoms with Crippen LogP contribution in [0, 0.1) is 5.82 Å². The molecule has 2 aliphatic rings. The second kappa shape index (κ2) is 8.30. The molecule has 1 amide bonds. The first-order chi connectivity index (χ1) is 14.0. The second-order valence-electron chi connectivity index (χ2n) is 7.68. The number of likely N-dealkylation sites (N-methyl/N-ethyl adjacent to an activating group) is 1. The Balaban J connectivity index is 1.50. The number of hydrogen-bond donors (Lipinski definition) is 2. The molecule has 1 unspecified atom stereocenters. The third kappa shape index (κ3) is 4.30. The minimum absolute atomic E-state index is 0.0932. The highest BCUT2D eigenvalue weighted by molar-refractivity contribution is 6.02. The molecule has 2 aliphatic heterocycles. The van der Waals surface area contributed by atoms with Crippen LogP contribution < -0.4 is 15.5 Å². The van der Waals surface area contributed by atoms with Crippen LogP contribution in [0.3, 0.4) is 0 Å². The van der Waals surface area contributed by atoms with Gasteiger partial charge in [0.15, 0.2) is 11.6 Å². The fraction of sp³-hybridized carbons (Fsp3) is 0.450. The summed E-state index contributed by atoms with van der Waals surface area (Å²) >= 11 is 0. The zero-order valence-electron chi connectivity index (χ0n) is 16.7. The van der Waals surface area contributed by atoms with Gasteiger partial charge < -0.3 is 20.4 Å². The summed E-state index contributed by atoms with van der Waals surface area (Å²) in [5, 5.41) is 5.91. The van der Waals surface area contributed by atoms with Gasteiger partial charge in [0.2, 0.25) is 5.91 Å². The molecule has 0 saturated carbocycles. The van der Waals surface area contributed by atoms with Crippen molar-refractivity contribution in [3.8, 4) is 0 Å². The lowest BCUT2D eigenvalue weighted by Crippen LogP contribution is -2.50. The van der Waals surface area contributed by atoms with Gasteiger partial charge in [0.1, 0.15) is 17.8 Å². The van der Waals surface area contributed by atoms with E-state index in [4.69, 9.17) is 0 Å². The van der Waals surface area contributed by atoms with E-state index < -0.39 is 0 Å². The number of hydrogen-bond acceptors (Lipinski definition) is 7. The molecule has 1 atom stereocenters. The van der Waals surface area contributed by atoms with Crippen molar-refractivity contribution in [1.82, 2.24) is 19.8 Å². The van der Waals surface area contributed by atoms with Gasteiger partial charge in [0.25, 0.3) is 0 Å². The van der Waals surface area contributed by atoms with E-state index in [-0.39, 0.29) is 24.3 Å². The number of fused-ring (bicyclic) bond motifs is 1. The maximum atomic E-state index is 13.8. The first-order valence-electron chi connectivity index (χ1n) is 9.79. The number of aromatic nitrogens is 2. The average molecular weight is 399 g/mol.